The zero-order chi connectivity index (χ0) is 23.3. The van der Waals surface area contributed by atoms with E-state index in [0.717, 1.165) is 17.7 Å². The molecule has 174 valence electrons. The molecule has 1 nitrogen and oxygen atoms in total. The van der Waals surface area contributed by atoms with Crippen LogP contribution in [0.4, 0.5) is 0 Å². The van der Waals surface area contributed by atoms with Gasteiger partial charge < -0.3 is 4.57 Å². The Morgan fingerprint density at radius 2 is 1.00 bits per heavy atom. The predicted octanol–water partition coefficient (Wildman–Crippen LogP) is 9.24. The number of hydrogen-bond acceptors (Lipinski definition) is 0. The molecular formula is C32H41N. The van der Waals surface area contributed by atoms with Crippen LogP contribution in [-0.2, 0) is 6.54 Å². The van der Waals surface area contributed by atoms with Gasteiger partial charge in [-0.15, -0.1) is 11.8 Å². The molecule has 0 unspecified atom stereocenters. The molecule has 0 radical (unpaired) electrons. The topological polar surface area (TPSA) is 4.93 Å². The summed E-state index contributed by atoms with van der Waals surface area (Å²) in [6, 6.07) is 13.3. The quantitative estimate of drug-likeness (QED) is 0.185. The second kappa shape index (κ2) is 13.8. The molecule has 0 aliphatic rings. The lowest BCUT2D eigenvalue weighted by Gasteiger charge is -2.08. The van der Waals surface area contributed by atoms with Gasteiger partial charge in [0.15, 0.2) is 0 Å². The first-order valence-electron chi connectivity index (χ1n) is 13.2. The van der Waals surface area contributed by atoms with Gasteiger partial charge in [0.2, 0.25) is 0 Å². The zero-order valence-corrected chi connectivity index (χ0v) is 21.1. The molecular weight excluding hydrogens is 398 g/mol. The van der Waals surface area contributed by atoms with Crippen molar-refractivity contribution in [1.29, 1.82) is 0 Å². The maximum absolute atomic E-state index is 3.22. The minimum absolute atomic E-state index is 1.08. The predicted molar refractivity (Wildman–Crippen MR) is 146 cm³/mol. The third kappa shape index (κ3) is 7.17. The molecule has 1 heterocycles. The number of fused-ring (bicyclic) bond motifs is 3. The van der Waals surface area contributed by atoms with Crippen LogP contribution in [0.1, 0.15) is 109 Å². The highest BCUT2D eigenvalue weighted by atomic mass is 15.0. The molecule has 1 aromatic heterocycles. The summed E-state index contributed by atoms with van der Waals surface area (Å²) in [5.41, 5.74) is 4.80. The fourth-order valence-corrected chi connectivity index (χ4v) is 4.90. The van der Waals surface area contributed by atoms with Crippen molar-refractivity contribution >= 4 is 21.8 Å². The van der Waals surface area contributed by atoms with Crippen LogP contribution in [0, 0.1) is 23.7 Å². The fourth-order valence-electron chi connectivity index (χ4n) is 4.90. The largest absolute Gasteiger partial charge is 0.340 e. The second-order valence-corrected chi connectivity index (χ2v) is 9.25. The minimum Gasteiger partial charge on any atom is -0.340 e. The summed E-state index contributed by atoms with van der Waals surface area (Å²) in [6.45, 7) is 7.17. The number of unbranched alkanes of at least 4 members (excludes halogenated alkanes) is 11. The molecule has 0 atom stereocenters. The molecule has 0 N–H and O–H groups in total. The van der Waals surface area contributed by atoms with Crippen LogP contribution >= 0.6 is 0 Å². The lowest BCUT2D eigenvalue weighted by molar-refractivity contribution is 0.533. The molecule has 0 bridgehead atoms. The van der Waals surface area contributed by atoms with E-state index in [4.69, 9.17) is 0 Å². The highest BCUT2D eigenvalue weighted by Crippen LogP contribution is 2.31. The normalized spacial score (nSPS) is 10.8. The lowest BCUT2D eigenvalue weighted by atomic mass is 10.1. The monoisotopic (exact) mass is 439 g/mol. The van der Waals surface area contributed by atoms with Crippen LogP contribution in [0.25, 0.3) is 21.8 Å². The van der Waals surface area contributed by atoms with Crippen molar-refractivity contribution in [3.8, 4) is 23.7 Å². The number of aryl methyl sites for hydroxylation is 1. The first kappa shape index (κ1) is 25.0. The molecule has 0 saturated carbocycles. The van der Waals surface area contributed by atoms with E-state index in [2.05, 4.69) is 71.6 Å². The number of benzene rings is 2. The van der Waals surface area contributed by atoms with Crippen molar-refractivity contribution < 1.29 is 0 Å². The molecule has 1 heteroatoms. The zero-order valence-electron chi connectivity index (χ0n) is 21.1. The van der Waals surface area contributed by atoms with Crippen molar-refractivity contribution in [3.63, 3.8) is 0 Å². The highest BCUT2D eigenvalue weighted by molar-refractivity contribution is 6.08. The Labute approximate surface area is 202 Å². The first-order valence-corrected chi connectivity index (χ1v) is 13.2. The van der Waals surface area contributed by atoms with Gasteiger partial charge in [-0.2, -0.15) is 0 Å². The van der Waals surface area contributed by atoms with E-state index in [1.165, 1.54) is 98.9 Å². The summed E-state index contributed by atoms with van der Waals surface area (Å²) in [4.78, 5) is 0. The van der Waals surface area contributed by atoms with E-state index in [0.29, 0.717) is 0 Å². The van der Waals surface area contributed by atoms with E-state index in [1.54, 1.807) is 0 Å². The van der Waals surface area contributed by atoms with Crippen LogP contribution in [0.15, 0.2) is 36.4 Å². The molecule has 0 saturated heterocycles. The Kier molecular flexibility index (Phi) is 10.5. The Morgan fingerprint density at radius 1 is 0.576 bits per heavy atom. The van der Waals surface area contributed by atoms with Gasteiger partial charge in [0.1, 0.15) is 0 Å². The lowest BCUT2D eigenvalue weighted by Crippen LogP contribution is -1.98. The standard InChI is InChI=1S/C32H41N/c1-4-7-8-9-10-11-12-13-14-15-16-17-24-33-31-22-20-27(18-5-2)25-29(31)30-26-28(19-6-3)21-23-32(30)33/h20-23,25-26H,4,7-17,24H2,1-3H3. The van der Waals surface area contributed by atoms with Gasteiger partial charge in [-0.05, 0) is 56.7 Å². The third-order valence-electron chi connectivity index (χ3n) is 6.64. The van der Waals surface area contributed by atoms with Crippen LogP contribution < -0.4 is 0 Å². The number of rotatable bonds is 13. The molecule has 0 aliphatic heterocycles. The summed E-state index contributed by atoms with van der Waals surface area (Å²) in [7, 11) is 0. The van der Waals surface area contributed by atoms with Gasteiger partial charge >= 0.3 is 0 Å². The van der Waals surface area contributed by atoms with Crippen molar-refractivity contribution in [2.24, 2.45) is 0 Å². The highest BCUT2D eigenvalue weighted by Gasteiger charge is 2.11. The molecule has 0 fully saturated rings. The van der Waals surface area contributed by atoms with Crippen molar-refractivity contribution in [1.82, 2.24) is 4.57 Å². The molecule has 33 heavy (non-hydrogen) atoms. The average molecular weight is 440 g/mol. The van der Waals surface area contributed by atoms with E-state index in [-0.39, 0.29) is 0 Å². The second-order valence-electron chi connectivity index (χ2n) is 9.25. The van der Waals surface area contributed by atoms with Crippen LogP contribution in [0.2, 0.25) is 0 Å². The van der Waals surface area contributed by atoms with E-state index >= 15 is 0 Å². The maximum atomic E-state index is 3.22. The SMILES string of the molecule is CC#Cc1ccc2c(c1)c1cc(C#CC)ccc1n2CCCCCCCCCCCCCC. The molecule has 0 amide bonds. The summed E-state index contributed by atoms with van der Waals surface area (Å²) in [6.07, 6.45) is 16.6. The summed E-state index contributed by atoms with van der Waals surface area (Å²) >= 11 is 0. The summed E-state index contributed by atoms with van der Waals surface area (Å²) in [5.74, 6) is 12.5. The van der Waals surface area contributed by atoms with Gasteiger partial charge in [-0.25, -0.2) is 0 Å². The van der Waals surface area contributed by atoms with Gasteiger partial charge in [0.25, 0.3) is 0 Å². The molecule has 2 aromatic carbocycles. The van der Waals surface area contributed by atoms with Gasteiger partial charge in [-0.3, -0.25) is 0 Å². The third-order valence-corrected chi connectivity index (χ3v) is 6.64. The minimum atomic E-state index is 1.08. The first-order chi connectivity index (χ1) is 16.3. The fraction of sp³-hybridized carbons (Fsp3) is 0.500. The molecule has 0 spiro atoms. The van der Waals surface area contributed by atoms with E-state index < -0.39 is 0 Å². The Hall–Kier alpha value is -2.64. The number of nitrogens with zero attached hydrogens (tertiary/aromatic N) is 1. The van der Waals surface area contributed by atoms with Crippen molar-refractivity contribution in [2.75, 3.05) is 0 Å². The summed E-state index contributed by atoms with van der Waals surface area (Å²) < 4.78 is 2.51. The van der Waals surface area contributed by atoms with Gasteiger partial charge in [0.05, 0.1) is 0 Å². The Bertz CT molecular complexity index is 1060. The van der Waals surface area contributed by atoms with Gasteiger partial charge in [0, 0.05) is 39.5 Å². The van der Waals surface area contributed by atoms with Crippen LogP contribution in [0.5, 0.6) is 0 Å². The molecule has 0 aliphatic carbocycles. The van der Waals surface area contributed by atoms with Crippen LogP contribution in [-0.4, -0.2) is 4.57 Å². The maximum Gasteiger partial charge on any atom is 0.0492 e. The summed E-state index contributed by atoms with van der Waals surface area (Å²) in [5, 5.41) is 2.59. The molecule has 3 rings (SSSR count). The Balaban J connectivity index is 1.57. The van der Waals surface area contributed by atoms with Crippen LogP contribution in [0.3, 0.4) is 0 Å². The number of hydrogen-bond donors (Lipinski definition) is 0. The van der Waals surface area contributed by atoms with Crippen molar-refractivity contribution in [2.45, 2.75) is 104 Å². The Morgan fingerprint density at radius 3 is 1.42 bits per heavy atom. The average Bonchev–Trinajstić information content (AvgIpc) is 3.13. The van der Waals surface area contributed by atoms with Gasteiger partial charge in [-0.1, -0.05) is 89.4 Å². The molecule has 3 aromatic rings. The number of aromatic nitrogens is 1. The van der Waals surface area contributed by atoms with E-state index in [1.807, 2.05) is 13.8 Å². The van der Waals surface area contributed by atoms with Crippen molar-refractivity contribution in [3.05, 3.63) is 47.5 Å². The smallest absolute Gasteiger partial charge is 0.0492 e. The van der Waals surface area contributed by atoms with E-state index in [9.17, 15) is 0 Å².